The number of imidazole rings is 1. The lowest BCUT2D eigenvalue weighted by molar-refractivity contribution is -0.123. The predicted octanol–water partition coefficient (Wildman–Crippen LogP) is 3.46. The van der Waals surface area contributed by atoms with Crippen molar-refractivity contribution >= 4 is 17.1 Å². The van der Waals surface area contributed by atoms with Crippen molar-refractivity contribution in [3.8, 4) is 0 Å². The van der Waals surface area contributed by atoms with Gasteiger partial charge in [0.1, 0.15) is 6.54 Å². The maximum absolute atomic E-state index is 12.9. The maximum atomic E-state index is 12.9. The van der Waals surface area contributed by atoms with E-state index in [1.54, 1.807) is 28.7 Å². The molecule has 8 nitrogen and oxygen atoms in total. The van der Waals surface area contributed by atoms with Crippen LogP contribution in [0, 0.1) is 10.8 Å². The Hall–Kier alpha value is -2.90. The molecular formula is C25H36N6O2. The summed E-state index contributed by atoms with van der Waals surface area (Å²) in [5, 5.41) is 7.38. The molecule has 0 radical (unpaired) electrons. The van der Waals surface area contributed by atoms with Crippen LogP contribution in [-0.4, -0.2) is 35.8 Å². The number of amides is 1. The second-order valence-electron chi connectivity index (χ2n) is 11.4. The van der Waals surface area contributed by atoms with Crippen LogP contribution in [0.15, 0.2) is 35.4 Å². The number of hydrogen-bond acceptors (Lipinski definition) is 4. The number of carbonyl (C=O) groups is 1. The van der Waals surface area contributed by atoms with Crippen molar-refractivity contribution in [3.63, 3.8) is 0 Å². The molecule has 3 heterocycles. The van der Waals surface area contributed by atoms with Crippen LogP contribution < -0.4 is 11.0 Å². The fourth-order valence-electron chi connectivity index (χ4n) is 4.89. The van der Waals surface area contributed by atoms with E-state index in [2.05, 4.69) is 51.1 Å². The van der Waals surface area contributed by atoms with Crippen LogP contribution in [0.5, 0.6) is 0 Å². The largest absolute Gasteiger partial charge is 0.351 e. The summed E-state index contributed by atoms with van der Waals surface area (Å²) >= 11 is 0. The first-order valence-electron chi connectivity index (χ1n) is 11.8. The topological polar surface area (TPSA) is 86.7 Å². The number of rotatable bonds is 5. The standard InChI is InChI=1S/C25H36N6O2/c1-24(2,3)16-31-19-9-8-18(27-22(19)29(6)23(31)33)17-10-11-25(4,5)20(14-17)28-21(32)15-30-13-7-12-26-30/h7-9,12-13,17,20H,10-11,14-16H2,1-6H3,(H,28,32). The highest BCUT2D eigenvalue weighted by molar-refractivity contribution is 5.76. The molecule has 1 amide bonds. The smallest absolute Gasteiger partial charge is 0.330 e. The van der Waals surface area contributed by atoms with Gasteiger partial charge in [0.2, 0.25) is 5.91 Å². The highest BCUT2D eigenvalue weighted by Gasteiger charge is 2.38. The molecule has 0 bridgehead atoms. The summed E-state index contributed by atoms with van der Waals surface area (Å²) in [6.07, 6.45) is 6.30. The van der Waals surface area contributed by atoms with E-state index in [-0.39, 0.29) is 40.9 Å². The Balaban J connectivity index is 1.57. The van der Waals surface area contributed by atoms with E-state index in [1.807, 2.05) is 16.7 Å². The molecule has 2 atom stereocenters. The van der Waals surface area contributed by atoms with Crippen LogP contribution in [0.25, 0.3) is 11.2 Å². The molecule has 3 aromatic rings. The van der Waals surface area contributed by atoms with Gasteiger partial charge in [-0.15, -0.1) is 0 Å². The molecule has 178 valence electrons. The van der Waals surface area contributed by atoms with E-state index >= 15 is 0 Å². The van der Waals surface area contributed by atoms with Gasteiger partial charge in [0.05, 0.1) is 5.52 Å². The summed E-state index contributed by atoms with van der Waals surface area (Å²) < 4.78 is 5.12. The van der Waals surface area contributed by atoms with E-state index in [0.29, 0.717) is 6.54 Å². The fourth-order valence-corrected chi connectivity index (χ4v) is 4.89. The molecule has 3 aromatic heterocycles. The predicted molar refractivity (Wildman–Crippen MR) is 129 cm³/mol. The molecule has 1 aliphatic carbocycles. The molecular weight excluding hydrogens is 416 g/mol. The summed E-state index contributed by atoms with van der Waals surface area (Å²) in [7, 11) is 1.79. The van der Waals surface area contributed by atoms with Crippen molar-refractivity contribution in [3.05, 3.63) is 46.8 Å². The van der Waals surface area contributed by atoms with Crippen molar-refractivity contribution in [1.29, 1.82) is 0 Å². The van der Waals surface area contributed by atoms with Gasteiger partial charge >= 0.3 is 5.69 Å². The van der Waals surface area contributed by atoms with Crippen molar-refractivity contribution in [2.75, 3.05) is 0 Å². The number of nitrogens with one attached hydrogen (secondary N) is 1. The Labute approximate surface area is 195 Å². The molecule has 1 N–H and O–H groups in total. The third-order valence-corrected chi connectivity index (χ3v) is 6.85. The van der Waals surface area contributed by atoms with Gasteiger partial charge in [-0.05, 0) is 48.3 Å². The van der Waals surface area contributed by atoms with Crippen LogP contribution in [0.3, 0.4) is 0 Å². The van der Waals surface area contributed by atoms with Gasteiger partial charge < -0.3 is 5.32 Å². The zero-order valence-corrected chi connectivity index (χ0v) is 20.6. The Morgan fingerprint density at radius 3 is 2.70 bits per heavy atom. The molecule has 2 unspecified atom stereocenters. The van der Waals surface area contributed by atoms with Crippen LogP contribution in [0.2, 0.25) is 0 Å². The zero-order chi connectivity index (χ0) is 24.0. The van der Waals surface area contributed by atoms with E-state index < -0.39 is 0 Å². The number of fused-ring (bicyclic) bond motifs is 1. The third kappa shape index (κ3) is 4.89. The number of carbonyl (C=O) groups excluding carboxylic acids is 1. The summed E-state index contributed by atoms with van der Waals surface area (Å²) in [5.41, 5.74) is 2.56. The fraction of sp³-hybridized carbons (Fsp3) is 0.600. The molecule has 1 saturated carbocycles. The molecule has 1 aliphatic rings. The molecule has 0 aromatic carbocycles. The van der Waals surface area contributed by atoms with Crippen LogP contribution >= 0.6 is 0 Å². The van der Waals surface area contributed by atoms with Crippen molar-refractivity contribution < 1.29 is 4.79 Å². The quantitative estimate of drug-likeness (QED) is 0.642. The van der Waals surface area contributed by atoms with Gasteiger partial charge in [0, 0.05) is 43.6 Å². The van der Waals surface area contributed by atoms with Crippen molar-refractivity contribution in [2.45, 2.75) is 78.9 Å². The molecule has 0 saturated heterocycles. The highest BCUT2D eigenvalue weighted by Crippen LogP contribution is 2.42. The molecule has 8 heteroatoms. The van der Waals surface area contributed by atoms with Crippen molar-refractivity contribution in [1.82, 2.24) is 29.2 Å². The first-order valence-corrected chi connectivity index (χ1v) is 11.8. The van der Waals surface area contributed by atoms with Gasteiger partial charge in [-0.25, -0.2) is 9.78 Å². The Morgan fingerprint density at radius 2 is 2.03 bits per heavy atom. The lowest BCUT2D eigenvalue weighted by Crippen LogP contribution is -2.49. The van der Waals surface area contributed by atoms with E-state index in [4.69, 9.17) is 4.98 Å². The summed E-state index contributed by atoms with van der Waals surface area (Å²) in [6, 6.07) is 5.96. The minimum atomic E-state index is -0.0295. The van der Waals surface area contributed by atoms with Crippen LogP contribution in [0.1, 0.15) is 65.5 Å². The van der Waals surface area contributed by atoms with Gasteiger partial charge in [-0.2, -0.15) is 5.10 Å². The number of pyridine rings is 1. The Morgan fingerprint density at radius 1 is 1.27 bits per heavy atom. The number of aryl methyl sites for hydroxylation is 1. The van der Waals surface area contributed by atoms with Gasteiger partial charge in [-0.3, -0.25) is 18.6 Å². The van der Waals surface area contributed by atoms with Crippen LogP contribution in [0.4, 0.5) is 0 Å². The minimum absolute atomic E-state index is 0.00324. The zero-order valence-electron chi connectivity index (χ0n) is 20.6. The molecule has 33 heavy (non-hydrogen) atoms. The minimum Gasteiger partial charge on any atom is -0.351 e. The highest BCUT2D eigenvalue weighted by atomic mass is 16.2. The van der Waals surface area contributed by atoms with E-state index in [1.165, 1.54) is 0 Å². The number of hydrogen-bond donors (Lipinski definition) is 1. The van der Waals surface area contributed by atoms with Gasteiger partial charge in [0.15, 0.2) is 5.65 Å². The molecule has 0 aliphatic heterocycles. The lowest BCUT2D eigenvalue weighted by Gasteiger charge is -2.42. The van der Waals surface area contributed by atoms with E-state index in [0.717, 1.165) is 36.1 Å². The monoisotopic (exact) mass is 452 g/mol. The first-order chi connectivity index (χ1) is 15.4. The average Bonchev–Trinajstić information content (AvgIpc) is 3.31. The molecule has 1 fully saturated rings. The lowest BCUT2D eigenvalue weighted by atomic mass is 9.68. The third-order valence-electron chi connectivity index (χ3n) is 6.85. The van der Waals surface area contributed by atoms with Crippen molar-refractivity contribution in [2.24, 2.45) is 17.9 Å². The molecule has 4 rings (SSSR count). The number of nitrogens with zero attached hydrogens (tertiary/aromatic N) is 5. The summed E-state index contributed by atoms with van der Waals surface area (Å²) in [5.74, 6) is 0.209. The average molecular weight is 453 g/mol. The maximum Gasteiger partial charge on any atom is 0.330 e. The summed E-state index contributed by atoms with van der Waals surface area (Å²) in [4.78, 5) is 30.5. The van der Waals surface area contributed by atoms with Gasteiger partial charge in [0.25, 0.3) is 0 Å². The second kappa shape index (κ2) is 8.47. The SMILES string of the molecule is Cn1c(=O)n(CC(C)(C)C)c2ccc(C3CCC(C)(C)C(NC(=O)Cn4cccn4)C3)nc21. The Bertz CT molecular complexity index is 1200. The molecule has 0 spiro atoms. The normalized spacial score (nSPS) is 20.8. The van der Waals surface area contributed by atoms with Crippen LogP contribution in [-0.2, 0) is 24.9 Å². The second-order valence-corrected chi connectivity index (χ2v) is 11.4. The van der Waals surface area contributed by atoms with E-state index in [9.17, 15) is 9.59 Å². The van der Waals surface area contributed by atoms with Gasteiger partial charge in [-0.1, -0.05) is 34.6 Å². The first kappa shape index (κ1) is 23.3. The summed E-state index contributed by atoms with van der Waals surface area (Å²) in [6.45, 7) is 11.7. The Kier molecular flexibility index (Phi) is 5.97. The number of aromatic nitrogens is 5.